The van der Waals surface area contributed by atoms with Crippen molar-refractivity contribution in [3.8, 4) is 0 Å². The number of urea groups is 1. The van der Waals surface area contributed by atoms with Crippen LogP contribution in [0.5, 0.6) is 0 Å². The van der Waals surface area contributed by atoms with Crippen LogP contribution in [0, 0.1) is 0 Å². The zero-order chi connectivity index (χ0) is 8.39. The van der Waals surface area contributed by atoms with E-state index in [4.69, 9.17) is 0 Å². The minimum atomic E-state index is 0. The number of nitrogens with zero attached hydrogens (tertiary/aromatic N) is 2. The molecule has 2 heterocycles. The number of hydrogen-bond acceptors (Lipinski definition) is 1. The fourth-order valence-electron chi connectivity index (χ4n) is 2.02. The van der Waals surface area contributed by atoms with Gasteiger partial charge in [0.2, 0.25) is 0 Å². The Balaban J connectivity index is 0.000000845. The maximum atomic E-state index is 11.7. The average molecular weight is 205 g/mol. The molecule has 76 valence electrons. The first-order chi connectivity index (χ1) is 5.88. The van der Waals surface area contributed by atoms with Crippen LogP contribution in [-0.2, 0) is 0 Å². The van der Waals surface area contributed by atoms with Crippen molar-refractivity contribution in [2.45, 2.75) is 25.7 Å². The smallest absolute Gasteiger partial charge is 0.319 e. The largest absolute Gasteiger partial charge is 0.325 e. The number of hydrogen-bond donors (Lipinski definition) is 0. The monoisotopic (exact) mass is 204 g/mol. The average Bonchev–Trinajstić information content (AvgIpc) is 2.77. The molecular formula is C9H17ClN2O. The summed E-state index contributed by atoms with van der Waals surface area (Å²) in [5.41, 5.74) is 0. The minimum absolute atomic E-state index is 0. The normalized spacial score (nSPS) is 21.8. The molecule has 2 aliphatic heterocycles. The Bertz CT molecular complexity index is 156. The first-order valence-corrected chi connectivity index (χ1v) is 4.92. The molecule has 2 rings (SSSR count). The van der Waals surface area contributed by atoms with Crippen molar-refractivity contribution in [3.63, 3.8) is 0 Å². The molecule has 13 heavy (non-hydrogen) atoms. The molecule has 0 spiro atoms. The zero-order valence-electron chi connectivity index (χ0n) is 7.87. The van der Waals surface area contributed by atoms with Crippen molar-refractivity contribution in [2.75, 3.05) is 26.2 Å². The molecule has 0 atom stereocenters. The maximum absolute atomic E-state index is 11.7. The SMILES string of the molecule is Cl.O=C(N1CCCC1)N1CCCC1. The Morgan fingerprint density at radius 2 is 1.08 bits per heavy atom. The van der Waals surface area contributed by atoms with E-state index >= 15 is 0 Å². The van der Waals surface area contributed by atoms with Gasteiger partial charge in [-0.25, -0.2) is 4.79 Å². The quantitative estimate of drug-likeness (QED) is 0.590. The fourth-order valence-corrected chi connectivity index (χ4v) is 2.02. The van der Waals surface area contributed by atoms with Crippen LogP contribution in [0.2, 0.25) is 0 Å². The number of amides is 2. The zero-order valence-corrected chi connectivity index (χ0v) is 8.68. The van der Waals surface area contributed by atoms with Crippen LogP contribution in [-0.4, -0.2) is 42.0 Å². The van der Waals surface area contributed by atoms with Gasteiger partial charge in [0.15, 0.2) is 0 Å². The highest BCUT2D eigenvalue weighted by molar-refractivity contribution is 5.85. The summed E-state index contributed by atoms with van der Waals surface area (Å²) in [4.78, 5) is 15.7. The van der Waals surface area contributed by atoms with Crippen molar-refractivity contribution >= 4 is 18.4 Å². The summed E-state index contributed by atoms with van der Waals surface area (Å²) < 4.78 is 0. The van der Waals surface area contributed by atoms with E-state index in [9.17, 15) is 4.79 Å². The Hall–Kier alpha value is -0.440. The molecule has 4 heteroatoms. The first-order valence-electron chi connectivity index (χ1n) is 4.92. The van der Waals surface area contributed by atoms with Gasteiger partial charge < -0.3 is 9.80 Å². The maximum Gasteiger partial charge on any atom is 0.319 e. The van der Waals surface area contributed by atoms with Gasteiger partial charge in [-0.1, -0.05) is 0 Å². The lowest BCUT2D eigenvalue weighted by atomic mass is 10.4. The van der Waals surface area contributed by atoms with E-state index < -0.39 is 0 Å². The number of halogens is 1. The van der Waals surface area contributed by atoms with Crippen molar-refractivity contribution in [2.24, 2.45) is 0 Å². The van der Waals surface area contributed by atoms with Crippen LogP contribution >= 0.6 is 12.4 Å². The van der Waals surface area contributed by atoms with E-state index in [-0.39, 0.29) is 18.4 Å². The van der Waals surface area contributed by atoms with Gasteiger partial charge in [0.05, 0.1) is 0 Å². The van der Waals surface area contributed by atoms with Crippen LogP contribution in [0.4, 0.5) is 4.79 Å². The molecule has 0 aliphatic carbocycles. The van der Waals surface area contributed by atoms with Crippen molar-refractivity contribution in [3.05, 3.63) is 0 Å². The molecule has 0 bridgehead atoms. The lowest BCUT2D eigenvalue weighted by Crippen LogP contribution is -2.39. The molecule has 0 aromatic rings. The highest BCUT2D eigenvalue weighted by atomic mass is 35.5. The summed E-state index contributed by atoms with van der Waals surface area (Å²) >= 11 is 0. The number of carbonyl (C=O) groups is 1. The van der Waals surface area contributed by atoms with Gasteiger partial charge in [0, 0.05) is 26.2 Å². The van der Waals surface area contributed by atoms with Gasteiger partial charge >= 0.3 is 6.03 Å². The van der Waals surface area contributed by atoms with Gasteiger partial charge in [-0.3, -0.25) is 0 Å². The summed E-state index contributed by atoms with van der Waals surface area (Å²) in [7, 11) is 0. The number of carbonyl (C=O) groups excluding carboxylic acids is 1. The van der Waals surface area contributed by atoms with Gasteiger partial charge in [-0.15, -0.1) is 12.4 Å². The summed E-state index contributed by atoms with van der Waals surface area (Å²) in [5, 5.41) is 0. The molecule has 0 aromatic heterocycles. The summed E-state index contributed by atoms with van der Waals surface area (Å²) in [6.45, 7) is 3.93. The third kappa shape index (κ3) is 2.27. The second kappa shape index (κ2) is 4.70. The fraction of sp³-hybridized carbons (Fsp3) is 0.889. The lowest BCUT2D eigenvalue weighted by molar-refractivity contribution is 0.173. The van der Waals surface area contributed by atoms with Crippen LogP contribution < -0.4 is 0 Å². The predicted octanol–water partition coefficient (Wildman–Crippen LogP) is 1.72. The molecule has 0 saturated carbocycles. The van der Waals surface area contributed by atoms with Crippen molar-refractivity contribution in [1.29, 1.82) is 0 Å². The lowest BCUT2D eigenvalue weighted by Gasteiger charge is -2.23. The van der Waals surface area contributed by atoms with Crippen LogP contribution in [0.1, 0.15) is 25.7 Å². The third-order valence-corrected chi connectivity index (χ3v) is 2.75. The molecule has 0 N–H and O–H groups in total. The Kier molecular flexibility index (Phi) is 3.85. The Labute approximate surface area is 85.5 Å². The van der Waals surface area contributed by atoms with E-state index in [0.29, 0.717) is 0 Å². The highest BCUT2D eigenvalue weighted by Gasteiger charge is 2.25. The standard InChI is InChI=1S/C9H16N2O.ClH/c12-9(10-5-1-2-6-10)11-7-3-4-8-11;/h1-8H2;1H. The number of likely N-dealkylation sites (tertiary alicyclic amines) is 2. The predicted molar refractivity (Wildman–Crippen MR) is 54.3 cm³/mol. The molecule has 2 amide bonds. The van der Waals surface area contributed by atoms with E-state index in [1.54, 1.807) is 0 Å². The summed E-state index contributed by atoms with van der Waals surface area (Å²) in [5.74, 6) is 0. The Morgan fingerprint density at radius 1 is 0.769 bits per heavy atom. The molecule has 2 aliphatic rings. The van der Waals surface area contributed by atoms with E-state index in [0.717, 1.165) is 26.2 Å². The number of rotatable bonds is 0. The summed E-state index contributed by atoms with van der Waals surface area (Å²) in [6, 6.07) is 0.282. The topological polar surface area (TPSA) is 23.6 Å². The van der Waals surface area contributed by atoms with E-state index in [1.807, 2.05) is 9.80 Å². The van der Waals surface area contributed by atoms with Gasteiger partial charge in [0.25, 0.3) is 0 Å². The summed E-state index contributed by atoms with van der Waals surface area (Å²) in [6.07, 6.45) is 4.78. The molecule has 2 saturated heterocycles. The molecule has 2 fully saturated rings. The highest BCUT2D eigenvalue weighted by Crippen LogP contribution is 2.14. The molecule has 0 radical (unpaired) electrons. The molecule has 0 aromatic carbocycles. The second-order valence-electron chi connectivity index (χ2n) is 3.67. The van der Waals surface area contributed by atoms with Crippen molar-refractivity contribution < 1.29 is 4.79 Å². The minimum Gasteiger partial charge on any atom is -0.325 e. The van der Waals surface area contributed by atoms with Gasteiger partial charge in [0.1, 0.15) is 0 Å². The first kappa shape index (κ1) is 10.6. The van der Waals surface area contributed by atoms with E-state index in [1.165, 1.54) is 25.7 Å². The molecular weight excluding hydrogens is 188 g/mol. The van der Waals surface area contributed by atoms with Gasteiger partial charge in [-0.05, 0) is 25.7 Å². The van der Waals surface area contributed by atoms with E-state index in [2.05, 4.69) is 0 Å². The van der Waals surface area contributed by atoms with Crippen molar-refractivity contribution in [1.82, 2.24) is 9.80 Å². The molecule has 0 unspecified atom stereocenters. The Morgan fingerprint density at radius 3 is 1.38 bits per heavy atom. The van der Waals surface area contributed by atoms with Crippen LogP contribution in [0.3, 0.4) is 0 Å². The van der Waals surface area contributed by atoms with Crippen LogP contribution in [0.15, 0.2) is 0 Å². The van der Waals surface area contributed by atoms with Gasteiger partial charge in [-0.2, -0.15) is 0 Å². The van der Waals surface area contributed by atoms with Crippen LogP contribution in [0.25, 0.3) is 0 Å². The third-order valence-electron chi connectivity index (χ3n) is 2.75. The second-order valence-corrected chi connectivity index (χ2v) is 3.67. The molecule has 3 nitrogen and oxygen atoms in total.